The van der Waals surface area contributed by atoms with Crippen LogP contribution in [0.5, 0.6) is 0 Å². The van der Waals surface area contributed by atoms with Crippen LogP contribution in [0.25, 0.3) is 0 Å². The highest BCUT2D eigenvalue weighted by molar-refractivity contribution is 8.03. The number of furan rings is 1. The van der Waals surface area contributed by atoms with Crippen molar-refractivity contribution in [2.45, 2.75) is 19.8 Å². The molecule has 6 nitrogen and oxygen atoms in total. The fourth-order valence-corrected chi connectivity index (χ4v) is 3.18. The molecular weight excluding hydrogens is 304 g/mol. The molecular formula is C15H14N2O4S. The second kappa shape index (κ2) is 6.54. The summed E-state index contributed by atoms with van der Waals surface area (Å²) in [7, 11) is 0. The maximum atomic E-state index is 12.0. The Balaban J connectivity index is 2.52. The van der Waals surface area contributed by atoms with Gasteiger partial charge in [0.2, 0.25) is 0 Å². The Hall–Kier alpha value is -2.46. The largest absolute Gasteiger partial charge is 0.481 e. The number of dihydropyridines is 1. The van der Waals surface area contributed by atoms with Crippen LogP contribution in [-0.4, -0.2) is 22.6 Å². The summed E-state index contributed by atoms with van der Waals surface area (Å²) < 4.78 is 5.38. The molecule has 114 valence electrons. The molecule has 1 aromatic rings. The van der Waals surface area contributed by atoms with E-state index in [4.69, 9.17) is 9.52 Å². The van der Waals surface area contributed by atoms with Gasteiger partial charge in [0, 0.05) is 11.3 Å². The third kappa shape index (κ3) is 3.07. The van der Waals surface area contributed by atoms with Gasteiger partial charge in [-0.15, -0.1) is 0 Å². The molecule has 0 aliphatic carbocycles. The third-order valence-corrected chi connectivity index (χ3v) is 4.20. The lowest BCUT2D eigenvalue weighted by Gasteiger charge is -2.27. The standard InChI is InChI=1S/C15H14N2O4S/c1-8-13(9(2)18)14(11-4-3-5-21-11)10(6-16)15(17-8)22-7-12(19)20/h3-5,14,17H,7H2,1-2H3,(H,19,20). The Bertz CT molecular complexity index is 710. The number of Topliss-reactive ketones (excluding diaryl/α,β-unsaturated/α-hetero) is 1. The monoisotopic (exact) mass is 318 g/mol. The summed E-state index contributed by atoms with van der Waals surface area (Å²) in [5.41, 5.74) is 1.34. The van der Waals surface area contributed by atoms with Gasteiger partial charge in [-0.1, -0.05) is 11.8 Å². The van der Waals surface area contributed by atoms with Crippen LogP contribution in [0, 0.1) is 11.3 Å². The van der Waals surface area contributed by atoms with Crippen molar-refractivity contribution in [3.8, 4) is 6.07 Å². The third-order valence-electron chi connectivity index (χ3n) is 3.19. The molecule has 0 amide bonds. The summed E-state index contributed by atoms with van der Waals surface area (Å²) in [5.74, 6) is -1.46. The van der Waals surface area contributed by atoms with Crippen LogP contribution in [0.3, 0.4) is 0 Å². The van der Waals surface area contributed by atoms with Crippen LogP contribution < -0.4 is 5.32 Å². The highest BCUT2D eigenvalue weighted by Crippen LogP contribution is 2.40. The van der Waals surface area contributed by atoms with Gasteiger partial charge in [0.15, 0.2) is 5.78 Å². The number of nitriles is 1. The average molecular weight is 318 g/mol. The number of hydrogen-bond acceptors (Lipinski definition) is 6. The number of thioether (sulfide) groups is 1. The Kier molecular flexibility index (Phi) is 4.73. The minimum atomic E-state index is -0.981. The molecule has 1 atom stereocenters. The quantitative estimate of drug-likeness (QED) is 0.859. The summed E-state index contributed by atoms with van der Waals surface area (Å²) in [6, 6.07) is 5.46. The van der Waals surface area contributed by atoms with Crippen LogP contribution in [0.2, 0.25) is 0 Å². The van der Waals surface area contributed by atoms with Gasteiger partial charge in [-0.05, 0) is 26.0 Å². The maximum Gasteiger partial charge on any atom is 0.313 e. The average Bonchev–Trinajstić information content (AvgIpc) is 2.97. The van der Waals surface area contributed by atoms with E-state index in [1.165, 1.54) is 13.2 Å². The van der Waals surface area contributed by atoms with Crippen molar-refractivity contribution in [2.75, 3.05) is 5.75 Å². The SMILES string of the molecule is CC(=O)C1=C(C)NC(SCC(=O)O)=C(C#N)C1c1ccco1. The molecule has 2 N–H and O–H groups in total. The van der Waals surface area contributed by atoms with Crippen molar-refractivity contribution in [3.63, 3.8) is 0 Å². The predicted molar refractivity (Wildman–Crippen MR) is 80.7 cm³/mol. The molecule has 7 heteroatoms. The van der Waals surface area contributed by atoms with E-state index >= 15 is 0 Å². The second-order valence-corrected chi connectivity index (χ2v) is 5.69. The molecule has 1 aliphatic heterocycles. The van der Waals surface area contributed by atoms with Gasteiger partial charge < -0.3 is 14.8 Å². The van der Waals surface area contributed by atoms with Gasteiger partial charge in [0.1, 0.15) is 5.76 Å². The molecule has 0 saturated carbocycles. The fraction of sp³-hybridized carbons (Fsp3) is 0.267. The number of nitrogens with one attached hydrogen (secondary N) is 1. The topological polar surface area (TPSA) is 103 Å². The minimum absolute atomic E-state index is 0.165. The molecule has 1 aliphatic rings. The molecule has 0 saturated heterocycles. The first-order chi connectivity index (χ1) is 10.5. The predicted octanol–water partition coefficient (Wildman–Crippen LogP) is 2.38. The normalized spacial score (nSPS) is 18.0. The summed E-state index contributed by atoms with van der Waals surface area (Å²) in [5, 5.41) is 21.7. The second-order valence-electron chi connectivity index (χ2n) is 4.71. The maximum absolute atomic E-state index is 12.0. The van der Waals surface area contributed by atoms with Crippen LogP contribution in [-0.2, 0) is 9.59 Å². The van der Waals surface area contributed by atoms with Gasteiger partial charge in [-0.3, -0.25) is 9.59 Å². The summed E-state index contributed by atoms with van der Waals surface area (Å²) in [4.78, 5) is 22.7. The molecule has 1 unspecified atom stereocenters. The number of carbonyl (C=O) groups excluding carboxylic acids is 1. The Morgan fingerprint density at radius 2 is 2.27 bits per heavy atom. The molecule has 0 spiro atoms. The van der Waals surface area contributed by atoms with E-state index in [0.717, 1.165) is 11.8 Å². The van der Waals surface area contributed by atoms with Crippen molar-refractivity contribution >= 4 is 23.5 Å². The highest BCUT2D eigenvalue weighted by atomic mass is 32.2. The first-order valence-electron chi connectivity index (χ1n) is 6.46. The lowest BCUT2D eigenvalue weighted by atomic mass is 9.84. The van der Waals surface area contributed by atoms with E-state index in [9.17, 15) is 14.9 Å². The van der Waals surface area contributed by atoms with E-state index in [1.54, 1.807) is 19.1 Å². The number of carboxylic acids is 1. The Morgan fingerprint density at radius 3 is 2.77 bits per heavy atom. The number of rotatable bonds is 5. The minimum Gasteiger partial charge on any atom is -0.481 e. The fourth-order valence-electron chi connectivity index (χ4n) is 2.37. The van der Waals surface area contributed by atoms with Crippen molar-refractivity contribution in [1.82, 2.24) is 5.32 Å². The lowest BCUT2D eigenvalue weighted by molar-refractivity contribution is -0.133. The highest BCUT2D eigenvalue weighted by Gasteiger charge is 2.34. The summed E-state index contributed by atoms with van der Waals surface area (Å²) in [6.07, 6.45) is 1.48. The number of ketones is 1. The van der Waals surface area contributed by atoms with Crippen molar-refractivity contribution in [2.24, 2.45) is 0 Å². The molecule has 1 aromatic heterocycles. The molecule has 0 fully saturated rings. The smallest absolute Gasteiger partial charge is 0.313 e. The summed E-state index contributed by atoms with van der Waals surface area (Å²) in [6.45, 7) is 3.16. The summed E-state index contributed by atoms with van der Waals surface area (Å²) >= 11 is 1.02. The number of carboxylic acid groups (broad SMARTS) is 1. The molecule has 0 aromatic carbocycles. The zero-order valence-electron chi connectivity index (χ0n) is 12.0. The van der Waals surface area contributed by atoms with Crippen LogP contribution >= 0.6 is 11.8 Å². The van der Waals surface area contributed by atoms with E-state index in [1.807, 2.05) is 0 Å². The van der Waals surface area contributed by atoms with Gasteiger partial charge in [0.25, 0.3) is 0 Å². The zero-order valence-corrected chi connectivity index (χ0v) is 12.9. The van der Waals surface area contributed by atoms with E-state index in [0.29, 0.717) is 22.1 Å². The van der Waals surface area contributed by atoms with Crippen LogP contribution in [0.15, 0.2) is 44.7 Å². The van der Waals surface area contributed by atoms with Crippen molar-refractivity contribution in [3.05, 3.63) is 46.0 Å². The van der Waals surface area contributed by atoms with Crippen LogP contribution in [0.1, 0.15) is 25.5 Å². The number of allylic oxidation sites excluding steroid dienone is 3. The van der Waals surface area contributed by atoms with E-state index in [-0.39, 0.29) is 17.1 Å². The number of aliphatic carboxylic acids is 1. The first kappa shape index (κ1) is 15.9. The lowest BCUT2D eigenvalue weighted by Crippen LogP contribution is -2.27. The number of hydrogen-bond donors (Lipinski definition) is 2. The molecule has 22 heavy (non-hydrogen) atoms. The van der Waals surface area contributed by atoms with Crippen molar-refractivity contribution < 1.29 is 19.1 Å². The Morgan fingerprint density at radius 1 is 1.55 bits per heavy atom. The van der Waals surface area contributed by atoms with E-state index < -0.39 is 11.9 Å². The number of carbonyl (C=O) groups is 2. The first-order valence-corrected chi connectivity index (χ1v) is 7.45. The van der Waals surface area contributed by atoms with Crippen molar-refractivity contribution in [1.29, 1.82) is 5.26 Å². The van der Waals surface area contributed by atoms with Gasteiger partial charge >= 0.3 is 5.97 Å². The molecule has 0 bridgehead atoms. The molecule has 2 heterocycles. The van der Waals surface area contributed by atoms with Gasteiger partial charge in [-0.2, -0.15) is 5.26 Å². The zero-order chi connectivity index (χ0) is 16.3. The Labute approximate surface area is 131 Å². The van der Waals surface area contributed by atoms with Gasteiger partial charge in [0.05, 0.1) is 34.6 Å². The van der Waals surface area contributed by atoms with Gasteiger partial charge in [-0.25, -0.2) is 0 Å². The molecule has 2 rings (SSSR count). The number of nitrogens with zero attached hydrogens (tertiary/aromatic N) is 1. The molecule has 0 radical (unpaired) electrons. The van der Waals surface area contributed by atoms with Crippen LogP contribution in [0.4, 0.5) is 0 Å². The van der Waals surface area contributed by atoms with E-state index in [2.05, 4.69) is 11.4 Å².